The van der Waals surface area contributed by atoms with Crippen LogP contribution in [-0.2, 0) is 0 Å². The molecule has 4 aromatic rings. The zero-order valence-corrected chi connectivity index (χ0v) is 16.1. The number of nitrogens with two attached hydrogens (primary N) is 1. The van der Waals surface area contributed by atoms with Crippen molar-refractivity contribution >= 4 is 60.5 Å². The number of nitrogen functional groups attached to an aromatic ring is 1. The number of thiophene rings is 1. The van der Waals surface area contributed by atoms with Gasteiger partial charge in [0.1, 0.15) is 9.71 Å². The number of thiazole rings is 1. The molecule has 0 bridgehead atoms. The highest BCUT2D eigenvalue weighted by Crippen LogP contribution is 2.39. The largest absolute Gasteiger partial charge is 0.454 e. The van der Waals surface area contributed by atoms with E-state index in [9.17, 15) is 4.79 Å². The molecule has 1 aliphatic heterocycles. The van der Waals surface area contributed by atoms with Crippen molar-refractivity contribution in [3.63, 3.8) is 0 Å². The quantitative estimate of drug-likeness (QED) is 0.528. The van der Waals surface area contributed by atoms with Crippen LogP contribution in [0.2, 0.25) is 0 Å². The highest BCUT2D eigenvalue weighted by Gasteiger charge is 2.21. The van der Waals surface area contributed by atoms with E-state index in [1.807, 2.05) is 32.0 Å². The third-order valence-electron chi connectivity index (χ3n) is 4.46. The van der Waals surface area contributed by atoms with Gasteiger partial charge in [-0.1, -0.05) is 0 Å². The Balaban J connectivity index is 1.57. The van der Waals surface area contributed by atoms with Crippen LogP contribution in [0, 0.1) is 13.8 Å². The molecule has 4 heterocycles. The summed E-state index contributed by atoms with van der Waals surface area (Å²) in [6, 6.07) is 5.65. The van der Waals surface area contributed by atoms with Crippen LogP contribution in [0.25, 0.3) is 21.1 Å². The van der Waals surface area contributed by atoms with Crippen molar-refractivity contribution in [2.24, 2.45) is 0 Å². The molecule has 0 spiro atoms. The minimum absolute atomic E-state index is 0.211. The lowest BCUT2D eigenvalue weighted by atomic mass is 10.1. The highest BCUT2D eigenvalue weighted by molar-refractivity contribution is 7.21. The topological polar surface area (TPSA) is 99.4 Å². The van der Waals surface area contributed by atoms with Crippen molar-refractivity contribution in [1.29, 1.82) is 0 Å². The molecular weight excluding hydrogens is 384 g/mol. The van der Waals surface area contributed by atoms with E-state index in [1.54, 1.807) is 0 Å². The number of nitrogens with one attached hydrogen (secondary N) is 1. The van der Waals surface area contributed by atoms with E-state index in [4.69, 9.17) is 15.2 Å². The maximum absolute atomic E-state index is 12.7. The van der Waals surface area contributed by atoms with Crippen LogP contribution in [0.15, 0.2) is 18.2 Å². The van der Waals surface area contributed by atoms with Crippen molar-refractivity contribution in [3.05, 3.63) is 33.6 Å². The Morgan fingerprint density at radius 2 is 1.93 bits per heavy atom. The second-order valence-corrected chi connectivity index (χ2v) is 8.40. The summed E-state index contributed by atoms with van der Waals surface area (Å²) in [5, 5.41) is 5.03. The second-order valence-electron chi connectivity index (χ2n) is 6.20. The summed E-state index contributed by atoms with van der Waals surface area (Å²) in [5.41, 5.74) is 8.37. The van der Waals surface area contributed by atoms with E-state index in [-0.39, 0.29) is 12.7 Å². The summed E-state index contributed by atoms with van der Waals surface area (Å²) in [6.45, 7) is 4.09. The second kappa shape index (κ2) is 5.80. The molecular formula is C18H14N4O3S2. The monoisotopic (exact) mass is 398 g/mol. The molecule has 0 unspecified atom stereocenters. The van der Waals surface area contributed by atoms with Crippen LogP contribution in [0.3, 0.4) is 0 Å². The number of pyridine rings is 1. The van der Waals surface area contributed by atoms with Gasteiger partial charge in [-0.2, -0.15) is 0 Å². The Hall–Kier alpha value is -2.91. The van der Waals surface area contributed by atoms with Crippen molar-refractivity contribution in [2.45, 2.75) is 13.8 Å². The van der Waals surface area contributed by atoms with E-state index in [0.717, 1.165) is 26.9 Å². The van der Waals surface area contributed by atoms with Gasteiger partial charge in [0, 0.05) is 21.7 Å². The van der Waals surface area contributed by atoms with Crippen molar-refractivity contribution in [2.75, 3.05) is 17.8 Å². The number of rotatable bonds is 2. The number of amides is 1. The third-order valence-corrected chi connectivity index (χ3v) is 6.57. The van der Waals surface area contributed by atoms with Crippen LogP contribution in [0.4, 0.5) is 10.8 Å². The zero-order valence-electron chi connectivity index (χ0n) is 14.5. The molecule has 1 aliphatic rings. The maximum Gasteiger partial charge on any atom is 0.269 e. The Labute approximate surface area is 161 Å². The standard InChI is InChI=1S/C18H14N4O3S2/c1-7-8(2)26-18(20-7)22-16(23)15-14(19)10-3-9-4-12-13(25-6-24-12)5-11(9)21-17(10)27-15/h3-5H,6,19H2,1-2H3,(H,20,22,23). The summed E-state index contributed by atoms with van der Waals surface area (Å²) < 4.78 is 10.8. The third kappa shape index (κ3) is 2.58. The van der Waals surface area contributed by atoms with E-state index in [2.05, 4.69) is 15.3 Å². The van der Waals surface area contributed by atoms with Crippen molar-refractivity contribution < 1.29 is 14.3 Å². The van der Waals surface area contributed by atoms with Gasteiger partial charge in [-0.15, -0.1) is 22.7 Å². The average molecular weight is 398 g/mol. The Morgan fingerprint density at radius 3 is 2.67 bits per heavy atom. The first-order valence-corrected chi connectivity index (χ1v) is 9.80. The van der Waals surface area contributed by atoms with E-state index >= 15 is 0 Å². The van der Waals surface area contributed by atoms with Gasteiger partial charge < -0.3 is 15.2 Å². The summed E-state index contributed by atoms with van der Waals surface area (Å²) in [7, 11) is 0. The van der Waals surface area contributed by atoms with Gasteiger partial charge in [0.2, 0.25) is 6.79 Å². The molecule has 0 radical (unpaired) electrons. The lowest BCUT2D eigenvalue weighted by Gasteiger charge is -2.01. The van der Waals surface area contributed by atoms with E-state index in [0.29, 0.717) is 32.0 Å². The molecule has 3 aromatic heterocycles. The number of carbonyl (C=O) groups is 1. The van der Waals surface area contributed by atoms with Gasteiger partial charge in [-0.25, -0.2) is 9.97 Å². The lowest BCUT2D eigenvalue weighted by molar-refractivity contribution is 0.103. The average Bonchev–Trinajstić information content (AvgIpc) is 3.30. The molecule has 3 N–H and O–H groups in total. The number of nitrogens with zero attached hydrogens (tertiary/aromatic N) is 2. The molecule has 9 heteroatoms. The number of anilines is 2. The first kappa shape index (κ1) is 16.3. The molecule has 0 saturated carbocycles. The molecule has 27 heavy (non-hydrogen) atoms. The predicted octanol–water partition coefficient (Wildman–Crippen LogP) is 4.09. The summed E-state index contributed by atoms with van der Waals surface area (Å²) in [5.74, 6) is 1.08. The minimum Gasteiger partial charge on any atom is -0.454 e. The normalized spacial score (nSPS) is 12.8. The minimum atomic E-state index is -0.275. The van der Waals surface area contributed by atoms with Crippen LogP contribution >= 0.6 is 22.7 Å². The maximum atomic E-state index is 12.7. The van der Waals surface area contributed by atoms with E-state index < -0.39 is 0 Å². The summed E-state index contributed by atoms with van der Waals surface area (Å²) >= 11 is 2.71. The summed E-state index contributed by atoms with van der Waals surface area (Å²) in [4.78, 5) is 23.9. The number of hydrogen-bond donors (Lipinski definition) is 2. The molecule has 0 fully saturated rings. The number of aryl methyl sites for hydroxylation is 2. The van der Waals surface area contributed by atoms with Crippen molar-refractivity contribution in [1.82, 2.24) is 9.97 Å². The predicted molar refractivity (Wildman–Crippen MR) is 107 cm³/mol. The Morgan fingerprint density at radius 1 is 1.15 bits per heavy atom. The van der Waals surface area contributed by atoms with Gasteiger partial charge in [0.25, 0.3) is 5.91 Å². The lowest BCUT2D eigenvalue weighted by Crippen LogP contribution is -2.11. The molecule has 0 saturated heterocycles. The van der Waals surface area contributed by atoms with Gasteiger partial charge >= 0.3 is 0 Å². The fourth-order valence-electron chi connectivity index (χ4n) is 2.94. The number of hydrogen-bond acceptors (Lipinski definition) is 8. The van der Waals surface area contributed by atoms with Crippen LogP contribution in [-0.4, -0.2) is 22.7 Å². The van der Waals surface area contributed by atoms with Crippen LogP contribution in [0.1, 0.15) is 20.2 Å². The summed E-state index contributed by atoms with van der Waals surface area (Å²) in [6.07, 6.45) is 0. The molecule has 7 nitrogen and oxygen atoms in total. The Bertz CT molecular complexity index is 1230. The number of fused-ring (bicyclic) bond motifs is 3. The fourth-order valence-corrected chi connectivity index (χ4v) is 4.73. The molecule has 5 rings (SSSR count). The van der Waals surface area contributed by atoms with Gasteiger partial charge in [0.05, 0.1) is 16.9 Å². The number of aromatic nitrogens is 2. The first-order chi connectivity index (χ1) is 13.0. The molecule has 0 aliphatic carbocycles. The molecule has 1 aromatic carbocycles. The molecule has 136 valence electrons. The van der Waals surface area contributed by atoms with Crippen LogP contribution < -0.4 is 20.5 Å². The smallest absolute Gasteiger partial charge is 0.269 e. The van der Waals surface area contributed by atoms with Crippen LogP contribution in [0.5, 0.6) is 11.5 Å². The number of ether oxygens (including phenoxy) is 2. The molecule has 0 atom stereocenters. The molecule has 1 amide bonds. The first-order valence-electron chi connectivity index (χ1n) is 8.17. The number of carbonyl (C=O) groups excluding carboxylic acids is 1. The Kier molecular flexibility index (Phi) is 3.49. The zero-order chi connectivity index (χ0) is 18.7. The van der Waals surface area contributed by atoms with Crippen molar-refractivity contribution in [3.8, 4) is 11.5 Å². The van der Waals surface area contributed by atoms with Gasteiger partial charge in [-0.05, 0) is 26.0 Å². The number of benzene rings is 1. The highest BCUT2D eigenvalue weighted by atomic mass is 32.1. The van der Waals surface area contributed by atoms with E-state index in [1.165, 1.54) is 22.7 Å². The van der Waals surface area contributed by atoms with Gasteiger partial charge in [0.15, 0.2) is 16.6 Å². The van der Waals surface area contributed by atoms with Gasteiger partial charge in [-0.3, -0.25) is 10.1 Å². The fraction of sp³-hybridized carbons (Fsp3) is 0.167. The SMILES string of the molecule is Cc1nc(NC(=O)c2sc3nc4cc5c(cc4cc3c2N)OCO5)sc1C.